The zero-order chi connectivity index (χ0) is 10.6. The molecule has 1 aliphatic carbocycles. The molecule has 0 spiro atoms. The smallest absolute Gasteiger partial charge is 0.330 e. The number of ether oxygens (including phenoxy) is 1. The van der Waals surface area contributed by atoms with Crippen molar-refractivity contribution in [3.05, 3.63) is 11.6 Å². The largest absolute Gasteiger partial charge is 0.481 e. The van der Waals surface area contributed by atoms with Crippen LogP contribution >= 0.6 is 0 Å². The van der Waals surface area contributed by atoms with Crippen LogP contribution in [0, 0.1) is 5.92 Å². The van der Waals surface area contributed by atoms with Crippen LogP contribution in [0.25, 0.3) is 0 Å². The number of hydrogen-bond donors (Lipinski definition) is 1. The van der Waals surface area contributed by atoms with Crippen LogP contribution in [-0.2, 0) is 14.3 Å². The summed E-state index contributed by atoms with van der Waals surface area (Å²) in [5, 5.41) is 8.74. The second-order valence-corrected chi connectivity index (χ2v) is 3.44. The fraction of sp³-hybridized carbons (Fsp3) is 0.600. The van der Waals surface area contributed by atoms with Gasteiger partial charge in [-0.25, -0.2) is 4.79 Å². The number of rotatable bonds is 2. The zero-order valence-corrected chi connectivity index (χ0v) is 8.16. The van der Waals surface area contributed by atoms with E-state index in [4.69, 9.17) is 5.11 Å². The van der Waals surface area contributed by atoms with Gasteiger partial charge in [0.1, 0.15) is 0 Å². The number of carboxylic acids is 1. The zero-order valence-electron chi connectivity index (χ0n) is 8.16. The summed E-state index contributed by atoms with van der Waals surface area (Å²) in [6.45, 7) is 0. The molecule has 78 valence electrons. The van der Waals surface area contributed by atoms with Gasteiger partial charge in [-0.15, -0.1) is 0 Å². The summed E-state index contributed by atoms with van der Waals surface area (Å²) in [6.07, 6.45) is 4.09. The highest BCUT2D eigenvalue weighted by Crippen LogP contribution is 2.28. The number of esters is 1. The van der Waals surface area contributed by atoms with Crippen LogP contribution in [0.2, 0.25) is 0 Å². The Morgan fingerprint density at radius 3 is 2.43 bits per heavy atom. The summed E-state index contributed by atoms with van der Waals surface area (Å²) in [5.41, 5.74) is 0.995. The fourth-order valence-electron chi connectivity index (χ4n) is 1.61. The van der Waals surface area contributed by atoms with E-state index in [9.17, 15) is 9.59 Å². The molecule has 4 nitrogen and oxygen atoms in total. The van der Waals surface area contributed by atoms with Crippen molar-refractivity contribution in [3.63, 3.8) is 0 Å². The molecule has 0 unspecified atom stereocenters. The summed E-state index contributed by atoms with van der Waals surface area (Å²) in [5.74, 6) is -1.33. The van der Waals surface area contributed by atoms with Gasteiger partial charge in [-0.1, -0.05) is 5.57 Å². The van der Waals surface area contributed by atoms with Gasteiger partial charge in [0.05, 0.1) is 13.0 Å². The van der Waals surface area contributed by atoms with Gasteiger partial charge >= 0.3 is 11.9 Å². The lowest BCUT2D eigenvalue weighted by atomic mass is 9.86. The Kier molecular flexibility index (Phi) is 3.68. The summed E-state index contributed by atoms with van der Waals surface area (Å²) in [7, 11) is 1.34. The molecule has 0 heterocycles. The van der Waals surface area contributed by atoms with Gasteiger partial charge in [-0.05, 0) is 25.7 Å². The summed E-state index contributed by atoms with van der Waals surface area (Å²) in [6, 6.07) is 0. The molecule has 0 radical (unpaired) electrons. The lowest BCUT2D eigenvalue weighted by Gasteiger charge is -2.19. The average Bonchev–Trinajstić information content (AvgIpc) is 2.18. The second kappa shape index (κ2) is 4.79. The molecule has 0 amide bonds. The van der Waals surface area contributed by atoms with Crippen LogP contribution in [0.3, 0.4) is 0 Å². The molecule has 0 atom stereocenters. The molecule has 0 aromatic heterocycles. The fourth-order valence-corrected chi connectivity index (χ4v) is 1.61. The number of aliphatic carboxylic acids is 1. The standard InChI is InChI=1S/C10H14O4/c1-14-9(11)6-7-2-4-8(5-3-7)10(12)13/h6,8H,2-5H2,1H3,(H,12,13). The summed E-state index contributed by atoms with van der Waals surface area (Å²) >= 11 is 0. The Bertz CT molecular complexity index is 257. The number of methoxy groups -OCH3 is 1. The molecule has 1 fully saturated rings. The summed E-state index contributed by atoms with van der Waals surface area (Å²) in [4.78, 5) is 21.5. The second-order valence-electron chi connectivity index (χ2n) is 3.44. The number of hydrogen-bond acceptors (Lipinski definition) is 3. The van der Waals surface area contributed by atoms with Crippen LogP contribution in [0.15, 0.2) is 11.6 Å². The maximum atomic E-state index is 10.9. The van der Waals surface area contributed by atoms with E-state index in [1.165, 1.54) is 13.2 Å². The molecule has 0 saturated heterocycles. The van der Waals surface area contributed by atoms with E-state index in [1.807, 2.05) is 0 Å². The normalized spacial score (nSPS) is 21.5. The van der Waals surface area contributed by atoms with Crippen molar-refractivity contribution >= 4 is 11.9 Å². The first-order valence-electron chi connectivity index (χ1n) is 4.63. The maximum Gasteiger partial charge on any atom is 0.330 e. The van der Waals surface area contributed by atoms with Crippen molar-refractivity contribution in [2.75, 3.05) is 7.11 Å². The Morgan fingerprint density at radius 2 is 2.00 bits per heavy atom. The number of carboxylic acid groups (broad SMARTS) is 1. The van der Waals surface area contributed by atoms with Crippen LogP contribution < -0.4 is 0 Å². The van der Waals surface area contributed by atoms with E-state index in [2.05, 4.69) is 4.74 Å². The Hall–Kier alpha value is -1.32. The van der Waals surface area contributed by atoms with E-state index in [1.54, 1.807) is 0 Å². The van der Waals surface area contributed by atoms with Crippen LogP contribution in [0.5, 0.6) is 0 Å². The van der Waals surface area contributed by atoms with Gasteiger partial charge in [-0.2, -0.15) is 0 Å². The summed E-state index contributed by atoms with van der Waals surface area (Å²) < 4.78 is 4.50. The lowest BCUT2D eigenvalue weighted by Crippen LogP contribution is -2.18. The molecule has 1 N–H and O–H groups in total. The topological polar surface area (TPSA) is 63.6 Å². The molecule has 1 rings (SSSR count). The Morgan fingerprint density at radius 1 is 1.43 bits per heavy atom. The van der Waals surface area contributed by atoms with Crippen LogP contribution in [0.1, 0.15) is 25.7 Å². The van der Waals surface area contributed by atoms with Crippen molar-refractivity contribution in [3.8, 4) is 0 Å². The molecule has 14 heavy (non-hydrogen) atoms. The highest BCUT2D eigenvalue weighted by molar-refractivity contribution is 5.82. The van der Waals surface area contributed by atoms with Crippen molar-refractivity contribution < 1.29 is 19.4 Å². The Labute approximate surface area is 82.6 Å². The van der Waals surface area contributed by atoms with Gasteiger partial charge in [0.15, 0.2) is 0 Å². The monoisotopic (exact) mass is 198 g/mol. The van der Waals surface area contributed by atoms with E-state index < -0.39 is 5.97 Å². The molecule has 0 aliphatic heterocycles. The average molecular weight is 198 g/mol. The van der Waals surface area contributed by atoms with Gasteiger partial charge in [0.25, 0.3) is 0 Å². The third kappa shape index (κ3) is 2.87. The molecule has 0 aromatic rings. The molecule has 4 heteroatoms. The number of carbonyl (C=O) groups is 2. The maximum absolute atomic E-state index is 10.9. The predicted octanol–water partition coefficient (Wildman–Crippen LogP) is 1.36. The van der Waals surface area contributed by atoms with Crippen molar-refractivity contribution in [2.24, 2.45) is 5.92 Å². The van der Waals surface area contributed by atoms with E-state index >= 15 is 0 Å². The molecule has 0 aromatic carbocycles. The third-order valence-corrected chi connectivity index (χ3v) is 2.50. The minimum absolute atomic E-state index is 0.246. The van der Waals surface area contributed by atoms with Crippen molar-refractivity contribution in [1.82, 2.24) is 0 Å². The highest BCUT2D eigenvalue weighted by atomic mass is 16.5. The van der Waals surface area contributed by atoms with E-state index in [0.29, 0.717) is 25.7 Å². The number of allylic oxidation sites excluding steroid dienone is 1. The number of carbonyl (C=O) groups excluding carboxylic acids is 1. The first-order valence-corrected chi connectivity index (χ1v) is 4.63. The quantitative estimate of drug-likeness (QED) is 0.537. The molecular formula is C10H14O4. The highest BCUT2D eigenvalue weighted by Gasteiger charge is 2.22. The first-order chi connectivity index (χ1) is 6.63. The van der Waals surface area contributed by atoms with Gasteiger partial charge in [-0.3, -0.25) is 4.79 Å². The third-order valence-electron chi connectivity index (χ3n) is 2.50. The molecule has 1 aliphatic rings. The molecule has 1 saturated carbocycles. The van der Waals surface area contributed by atoms with Gasteiger partial charge < -0.3 is 9.84 Å². The van der Waals surface area contributed by atoms with Gasteiger partial charge in [0, 0.05) is 6.08 Å². The van der Waals surface area contributed by atoms with E-state index in [-0.39, 0.29) is 11.9 Å². The lowest BCUT2D eigenvalue weighted by molar-refractivity contribution is -0.142. The molecule has 0 bridgehead atoms. The minimum Gasteiger partial charge on any atom is -0.481 e. The van der Waals surface area contributed by atoms with E-state index in [0.717, 1.165) is 5.57 Å². The molecular weight excluding hydrogens is 184 g/mol. The first kappa shape index (κ1) is 10.8. The SMILES string of the molecule is COC(=O)C=C1CCC(C(=O)O)CC1. The Balaban J connectivity index is 2.46. The van der Waals surface area contributed by atoms with Crippen molar-refractivity contribution in [1.29, 1.82) is 0 Å². The minimum atomic E-state index is -0.734. The van der Waals surface area contributed by atoms with Crippen molar-refractivity contribution in [2.45, 2.75) is 25.7 Å². The van der Waals surface area contributed by atoms with Crippen LogP contribution in [-0.4, -0.2) is 24.2 Å². The predicted molar refractivity (Wildman–Crippen MR) is 49.7 cm³/mol. The van der Waals surface area contributed by atoms with Crippen LogP contribution in [0.4, 0.5) is 0 Å². The van der Waals surface area contributed by atoms with Gasteiger partial charge in [0.2, 0.25) is 0 Å².